The Balaban J connectivity index is 0.849. The zero-order valence-electron chi connectivity index (χ0n) is 73.0. The number of esters is 11. The number of rotatable bonds is 36. The van der Waals surface area contributed by atoms with E-state index < -0.39 is 222 Å². The number of aliphatic hydroxyl groups is 2. The predicted octanol–water partition coefficient (Wildman–Crippen LogP) is 12.1. The van der Waals surface area contributed by atoms with Gasteiger partial charge in [-0.25, -0.2) is 52.7 Å². The summed E-state index contributed by atoms with van der Waals surface area (Å²) in [5.41, 5.74) is 8.54. The molecule has 4 heterocycles. The van der Waals surface area contributed by atoms with Gasteiger partial charge < -0.3 is 100 Å². The average Bonchev–Trinajstić information content (AvgIpc) is 0.770. The van der Waals surface area contributed by atoms with E-state index in [1.54, 1.807) is 91.0 Å². The van der Waals surface area contributed by atoms with Crippen molar-refractivity contribution in [2.75, 3.05) is 39.6 Å². The average molecular weight is 1880 g/mol. The minimum Gasteiger partial charge on any atom is -0.453 e. The van der Waals surface area contributed by atoms with E-state index in [2.05, 4.69) is 10.0 Å². The van der Waals surface area contributed by atoms with Gasteiger partial charge in [-0.2, -0.15) is 0 Å². The molecule has 0 amide bonds. The van der Waals surface area contributed by atoms with Crippen molar-refractivity contribution in [3.63, 3.8) is 0 Å². The second kappa shape index (κ2) is 47.6. The molecule has 11 aromatic rings. The first-order chi connectivity index (χ1) is 67.3. The van der Waals surface area contributed by atoms with E-state index in [1.807, 2.05) is 0 Å². The van der Waals surface area contributed by atoms with E-state index in [9.17, 15) is 54.1 Å². The number of aliphatic hydroxyl groups excluding tert-OH is 2. The molecule has 4 saturated heterocycles. The number of azide groups is 1. The summed E-state index contributed by atoms with van der Waals surface area (Å²) in [4.78, 5) is 166. The van der Waals surface area contributed by atoms with Crippen LogP contribution < -0.4 is 0 Å². The topological polar surface area (TPSA) is 452 Å². The summed E-state index contributed by atoms with van der Waals surface area (Å²) < 4.78 is 123. The Kier molecular flexibility index (Phi) is 33.5. The zero-order chi connectivity index (χ0) is 96.2. The summed E-state index contributed by atoms with van der Waals surface area (Å²) in [6.07, 6.45) is -41.0. The monoisotopic (exact) mass is 1880 g/mol. The van der Waals surface area contributed by atoms with Crippen molar-refractivity contribution in [2.45, 2.75) is 123 Å². The summed E-state index contributed by atoms with van der Waals surface area (Å²) in [5.74, 6) is -12.1. The van der Waals surface area contributed by atoms with Gasteiger partial charge in [-0.05, 0) is 139 Å². The maximum Gasteiger partial charge on any atom is 0.338 e. The molecule has 4 aliphatic heterocycles. The van der Waals surface area contributed by atoms with Gasteiger partial charge in [0.2, 0.25) is 0 Å². The molecule has 4 fully saturated rings. The number of hydrogen-bond acceptors (Lipinski definition) is 33. The number of hydrogen-bond donors (Lipinski definition) is 2. The van der Waals surface area contributed by atoms with Crippen molar-refractivity contribution in [3.8, 4) is 0 Å². The van der Waals surface area contributed by atoms with Crippen LogP contribution in [0.15, 0.2) is 339 Å². The third-order valence-corrected chi connectivity index (χ3v) is 22.2. The molecule has 2 N–H and O–H groups in total. The van der Waals surface area contributed by atoms with Gasteiger partial charge in [-0.15, -0.1) is 0 Å². The van der Waals surface area contributed by atoms with Gasteiger partial charge in [0.15, 0.2) is 92.3 Å². The van der Waals surface area contributed by atoms with Crippen LogP contribution >= 0.6 is 0 Å². The van der Waals surface area contributed by atoms with Crippen LogP contribution in [0.5, 0.6) is 0 Å². The van der Waals surface area contributed by atoms with Crippen LogP contribution in [0, 0.1) is 0 Å². The van der Waals surface area contributed by atoms with E-state index in [4.69, 9.17) is 90.0 Å². The summed E-state index contributed by atoms with van der Waals surface area (Å²) in [6, 6.07) is 81.7. The highest BCUT2D eigenvalue weighted by Crippen LogP contribution is 2.39. The van der Waals surface area contributed by atoms with E-state index in [0.717, 1.165) is 0 Å². The Morgan fingerprint density at radius 1 is 0.239 bits per heavy atom. The van der Waals surface area contributed by atoms with Crippen molar-refractivity contribution >= 4 is 65.7 Å². The van der Waals surface area contributed by atoms with E-state index in [-0.39, 0.29) is 67.7 Å². The fourth-order valence-electron chi connectivity index (χ4n) is 15.3. The lowest BCUT2D eigenvalue weighted by atomic mass is 9.96. The van der Waals surface area contributed by atoms with Crippen LogP contribution in [0.1, 0.15) is 114 Å². The van der Waals surface area contributed by atoms with Gasteiger partial charge in [0.05, 0.1) is 94.2 Å². The third kappa shape index (κ3) is 24.8. The summed E-state index contributed by atoms with van der Waals surface area (Å²) >= 11 is 0. The smallest absolute Gasteiger partial charge is 0.338 e. The molecule has 15 rings (SSSR count). The Morgan fingerprint density at radius 3 is 0.638 bits per heavy atom. The quantitative estimate of drug-likeness (QED) is 0.00919. The minimum atomic E-state index is -2.34. The maximum atomic E-state index is 15.2. The fraction of sp³-hybridized carbons (Fsp3) is 0.252. The van der Waals surface area contributed by atoms with Crippen molar-refractivity contribution in [1.29, 1.82) is 0 Å². The van der Waals surface area contributed by atoms with Crippen LogP contribution in [-0.2, 0) is 90.0 Å². The van der Waals surface area contributed by atoms with Crippen molar-refractivity contribution in [1.82, 2.24) is 0 Å². The van der Waals surface area contributed by atoms with Gasteiger partial charge in [-0.1, -0.05) is 205 Å². The summed E-state index contributed by atoms with van der Waals surface area (Å²) in [6.45, 7) is -5.03. The first kappa shape index (κ1) is 97.1. The molecule has 0 bridgehead atoms. The van der Waals surface area contributed by atoms with Crippen molar-refractivity contribution < 1.29 is 153 Å². The number of benzene rings is 11. The molecular weight excluding hydrogens is 1790 g/mol. The van der Waals surface area contributed by atoms with Crippen LogP contribution in [0.4, 0.5) is 0 Å². The molecule has 0 aliphatic carbocycles. The number of nitrogens with zero attached hydrogens (tertiary/aromatic N) is 3. The van der Waals surface area contributed by atoms with E-state index >= 15 is 14.4 Å². The maximum absolute atomic E-state index is 15.2. The highest BCUT2D eigenvalue weighted by Gasteiger charge is 2.60. The first-order valence-electron chi connectivity index (χ1n) is 43.6. The second-order valence-corrected chi connectivity index (χ2v) is 31.3. The third-order valence-electron chi connectivity index (χ3n) is 22.2. The molecule has 35 heteroatoms. The summed E-state index contributed by atoms with van der Waals surface area (Å²) in [7, 11) is 0. The van der Waals surface area contributed by atoms with Gasteiger partial charge in [0.1, 0.15) is 30.5 Å². The van der Waals surface area contributed by atoms with Crippen LogP contribution in [0.3, 0.4) is 0 Å². The molecule has 708 valence electrons. The molecule has 0 aromatic heterocycles. The number of carbonyl (C=O) groups excluding carboxylic acids is 11. The molecular formula is C103H89N3O32. The Hall–Kier alpha value is -15.5. The highest BCUT2D eigenvalue weighted by molar-refractivity contribution is 5.95. The molecule has 138 heavy (non-hydrogen) atoms. The van der Waals surface area contributed by atoms with Gasteiger partial charge in [-0.3, -0.25) is 0 Å². The van der Waals surface area contributed by atoms with E-state index in [0.29, 0.717) is 0 Å². The van der Waals surface area contributed by atoms with Gasteiger partial charge in [0.25, 0.3) is 0 Å². The Labute approximate surface area is 787 Å². The predicted molar refractivity (Wildman–Crippen MR) is 478 cm³/mol. The molecule has 0 spiro atoms. The molecule has 35 nitrogen and oxygen atoms in total. The van der Waals surface area contributed by atoms with Gasteiger partial charge in [0, 0.05) is 11.5 Å². The largest absolute Gasteiger partial charge is 0.453 e. The molecule has 4 aliphatic rings. The molecule has 12 unspecified atom stereocenters. The Morgan fingerprint density at radius 2 is 0.413 bits per heavy atom. The number of ether oxygens (including phenoxy) is 19. The second-order valence-electron chi connectivity index (χ2n) is 31.3. The van der Waals surface area contributed by atoms with Crippen LogP contribution in [0.25, 0.3) is 10.4 Å². The lowest BCUT2D eigenvalue weighted by Crippen LogP contribution is -2.66. The lowest BCUT2D eigenvalue weighted by Gasteiger charge is -2.47. The minimum absolute atomic E-state index is 0.0146. The lowest BCUT2D eigenvalue weighted by molar-refractivity contribution is -0.345. The SMILES string of the molecule is [N-]=[N+]=NCCOC1OC(CO[C@@H]2OC(COC3OC(CO[C@@H]4OC(CO)C(OC(=O)c5ccccc5)[C@H](OC(=O)c5ccccc5)C4OC(=O)c4ccccc4)[C@@H](OC(=O)c4ccccc4)C(OC(=O)c4ccccc4)[C@H]3OC(=O)c3ccccc3)C(OC(=O)c3ccccc3)[C@H](O)C2OC(=O)c2ccccc2)[C@@H](OC(=O)c2ccccc2)C(OC(=O)c2ccccc2)[C@H]1OC(=O)c1ccccc1. The normalized spacial score (nSPS) is 24.2. The van der Waals surface area contributed by atoms with Crippen molar-refractivity contribution in [2.24, 2.45) is 5.11 Å². The summed E-state index contributed by atoms with van der Waals surface area (Å²) in [5, 5.41) is 28.5. The molecule has 0 saturated carbocycles. The highest BCUT2D eigenvalue weighted by atomic mass is 16.8. The van der Waals surface area contributed by atoms with Crippen molar-refractivity contribution in [3.05, 3.63) is 405 Å². The molecule has 20 atom stereocenters. The van der Waals surface area contributed by atoms with Crippen LogP contribution in [-0.4, -0.2) is 238 Å². The van der Waals surface area contributed by atoms with Crippen LogP contribution in [0.2, 0.25) is 0 Å². The fourth-order valence-corrected chi connectivity index (χ4v) is 15.3. The number of carbonyl (C=O) groups is 11. The zero-order valence-corrected chi connectivity index (χ0v) is 73.0. The first-order valence-corrected chi connectivity index (χ1v) is 43.6. The molecule has 0 radical (unpaired) electrons. The van der Waals surface area contributed by atoms with Gasteiger partial charge >= 0.3 is 65.7 Å². The molecule has 11 aromatic carbocycles. The Bertz CT molecular complexity index is 5980. The van der Waals surface area contributed by atoms with E-state index in [1.165, 1.54) is 243 Å². The standard InChI is InChI=1S/C103H89N3O32/c104-106-105-56-57-120-101-86(136-97(117)70-50-28-9-29-51-70)84(134-95(115)68-46-24-7-25-47-68)80(130-91(111)64-38-16-3-17-39-64)75(126-101)60-121-100-82(132-93(113)66-42-20-5-21-43-66)77(108)78(128-89(109)62-34-12-1-13-35-62)74(125-100)59-122-103-88(138-99(119)72-54-32-11-33-55-72)85(135-96(116)69-48-26-8-27-49-69)81(131-92(112)65-40-18-4-19-41-65)76(127-103)61-123-102-87(137-98(118)71-52-30-10-31-53-71)83(133-94(114)67-44-22-6-23-45-67)79(73(58-107)124-102)129-90(110)63-36-14-2-15-37-63/h1-55,73-88,100-103,107-108H,56-61H2/t73?,74?,75?,76?,77-,78?,79?,80+,81+,82?,83-,84?,85?,86+,87?,88+,100+,101?,102+,103?/m0/s1.